The second kappa shape index (κ2) is 7.40. The Morgan fingerprint density at radius 3 is 2.50 bits per heavy atom. The first-order valence-electron chi connectivity index (χ1n) is 8.37. The van der Waals surface area contributed by atoms with Gasteiger partial charge in [-0.2, -0.15) is 8.75 Å². The molecule has 0 saturated carbocycles. The molecule has 2 atom stereocenters. The zero-order valence-electron chi connectivity index (χ0n) is 14.4. The van der Waals surface area contributed by atoms with Crippen molar-refractivity contribution in [2.45, 2.75) is 26.4 Å². The van der Waals surface area contributed by atoms with Gasteiger partial charge in [0.1, 0.15) is 0 Å². The summed E-state index contributed by atoms with van der Waals surface area (Å²) in [5, 5.41) is 0. The number of piperidine rings is 1. The Morgan fingerprint density at radius 2 is 1.92 bits per heavy atom. The van der Waals surface area contributed by atoms with Crippen LogP contribution in [-0.2, 0) is 6.54 Å². The molecule has 3 rings (SSSR count). The summed E-state index contributed by atoms with van der Waals surface area (Å²) in [4.78, 5) is 16.9. The molecular weight excluding hydrogens is 320 g/mol. The normalized spacial score (nSPS) is 22.5. The minimum Gasteiger partial charge on any atom is -0.337 e. The van der Waals surface area contributed by atoms with Crippen molar-refractivity contribution in [3.05, 3.63) is 47.8 Å². The maximum atomic E-state index is 12.6. The number of nitrogens with zero attached hydrogens (tertiary/aromatic N) is 4. The zero-order valence-corrected chi connectivity index (χ0v) is 15.2. The van der Waals surface area contributed by atoms with Gasteiger partial charge in [0.15, 0.2) is 5.69 Å². The van der Waals surface area contributed by atoms with E-state index in [1.165, 1.54) is 5.56 Å². The molecule has 6 heteroatoms. The fourth-order valence-electron chi connectivity index (χ4n) is 3.98. The lowest BCUT2D eigenvalue weighted by Gasteiger charge is -2.45. The molecular formula is C18H24N4OS. The van der Waals surface area contributed by atoms with Crippen LogP contribution < -0.4 is 0 Å². The van der Waals surface area contributed by atoms with Crippen LogP contribution in [0.25, 0.3) is 0 Å². The summed E-state index contributed by atoms with van der Waals surface area (Å²) in [6.07, 6.45) is 1.56. The van der Waals surface area contributed by atoms with Gasteiger partial charge in [-0.25, -0.2) is 0 Å². The number of hydrogen-bond acceptors (Lipinski definition) is 5. The van der Waals surface area contributed by atoms with Crippen molar-refractivity contribution in [1.82, 2.24) is 18.5 Å². The lowest BCUT2D eigenvalue weighted by molar-refractivity contribution is 0.0268. The third kappa shape index (κ3) is 3.65. The fraction of sp³-hybridized carbons (Fsp3) is 0.500. The minimum atomic E-state index is -0.0241. The molecule has 5 nitrogen and oxygen atoms in total. The Hall–Kier alpha value is -1.79. The molecule has 1 aliphatic rings. The zero-order chi connectivity index (χ0) is 17.1. The predicted molar refractivity (Wildman–Crippen MR) is 95.8 cm³/mol. The topological polar surface area (TPSA) is 49.3 Å². The van der Waals surface area contributed by atoms with Gasteiger partial charge in [-0.15, -0.1) is 0 Å². The number of carbonyl (C=O) groups is 1. The van der Waals surface area contributed by atoms with Gasteiger partial charge >= 0.3 is 0 Å². The van der Waals surface area contributed by atoms with Gasteiger partial charge in [-0.3, -0.25) is 9.69 Å². The van der Waals surface area contributed by atoms with Crippen molar-refractivity contribution in [2.24, 2.45) is 11.8 Å². The van der Waals surface area contributed by atoms with Gasteiger partial charge in [0, 0.05) is 32.7 Å². The average Bonchev–Trinajstić information content (AvgIpc) is 3.08. The van der Waals surface area contributed by atoms with E-state index in [2.05, 4.69) is 57.8 Å². The van der Waals surface area contributed by atoms with Crippen LogP contribution in [0.2, 0.25) is 0 Å². The van der Waals surface area contributed by atoms with Crippen LogP contribution in [-0.4, -0.2) is 50.6 Å². The molecule has 1 aliphatic heterocycles. The molecule has 0 unspecified atom stereocenters. The number of amides is 1. The summed E-state index contributed by atoms with van der Waals surface area (Å²) in [5.41, 5.74) is 1.79. The molecule has 1 amide bonds. The van der Waals surface area contributed by atoms with Gasteiger partial charge in [-0.05, 0) is 17.4 Å². The van der Waals surface area contributed by atoms with E-state index in [4.69, 9.17) is 0 Å². The van der Waals surface area contributed by atoms with E-state index in [0.717, 1.165) is 31.4 Å². The van der Waals surface area contributed by atoms with Crippen molar-refractivity contribution in [1.29, 1.82) is 0 Å². The van der Waals surface area contributed by atoms with Gasteiger partial charge in [0.05, 0.1) is 17.9 Å². The number of aromatic nitrogens is 2. The number of rotatable bonds is 4. The molecule has 24 heavy (non-hydrogen) atoms. The van der Waals surface area contributed by atoms with Crippen LogP contribution in [0.15, 0.2) is 36.5 Å². The highest BCUT2D eigenvalue weighted by atomic mass is 32.1. The monoisotopic (exact) mass is 344 g/mol. The summed E-state index contributed by atoms with van der Waals surface area (Å²) in [6.45, 7) is 7.44. The SMILES string of the molecule is C[C@H]1CN(Cc2ccccc2)C[C@H](C)C1N(C)C(=O)c1cnsn1. The molecule has 0 spiro atoms. The van der Waals surface area contributed by atoms with E-state index in [1.54, 1.807) is 6.20 Å². The van der Waals surface area contributed by atoms with Crippen LogP contribution >= 0.6 is 11.7 Å². The Morgan fingerprint density at radius 1 is 1.25 bits per heavy atom. The maximum absolute atomic E-state index is 12.6. The Labute approximate surface area is 147 Å². The standard InChI is InChI=1S/C18H24N4OS/c1-13-10-22(12-15-7-5-4-6-8-15)11-14(2)17(13)21(3)18(23)16-9-19-24-20-16/h4-9,13-14,17H,10-12H2,1-3H3/t13-,14-/m0/s1. The molecule has 2 aromatic rings. The first-order valence-corrected chi connectivity index (χ1v) is 9.10. The summed E-state index contributed by atoms with van der Waals surface area (Å²) in [5.74, 6) is 0.806. The summed E-state index contributed by atoms with van der Waals surface area (Å²) >= 11 is 1.08. The quantitative estimate of drug-likeness (QED) is 0.856. The minimum absolute atomic E-state index is 0.0241. The van der Waals surface area contributed by atoms with Crippen LogP contribution in [0.3, 0.4) is 0 Å². The Balaban J connectivity index is 1.66. The molecule has 2 heterocycles. The van der Waals surface area contributed by atoms with Crippen molar-refractivity contribution in [3.8, 4) is 0 Å². The molecule has 0 N–H and O–H groups in total. The molecule has 128 valence electrons. The van der Waals surface area contributed by atoms with Crippen LogP contribution in [0.5, 0.6) is 0 Å². The van der Waals surface area contributed by atoms with E-state index < -0.39 is 0 Å². The number of carbonyl (C=O) groups excluding carboxylic acids is 1. The van der Waals surface area contributed by atoms with Gasteiger partial charge in [0.25, 0.3) is 5.91 Å². The maximum Gasteiger partial charge on any atom is 0.275 e. The number of likely N-dealkylation sites (tertiary alicyclic amines) is 1. The van der Waals surface area contributed by atoms with E-state index in [9.17, 15) is 4.79 Å². The third-order valence-corrected chi connectivity index (χ3v) is 5.33. The van der Waals surface area contributed by atoms with Gasteiger partial charge < -0.3 is 4.90 Å². The lowest BCUT2D eigenvalue weighted by Crippen LogP contribution is -2.55. The van der Waals surface area contributed by atoms with E-state index in [-0.39, 0.29) is 11.9 Å². The second-order valence-corrected chi connectivity index (χ2v) is 7.39. The largest absolute Gasteiger partial charge is 0.337 e. The summed E-state index contributed by atoms with van der Waals surface area (Å²) < 4.78 is 8.02. The Kier molecular flexibility index (Phi) is 5.26. The fourth-order valence-corrected chi connectivity index (χ4v) is 4.38. The number of hydrogen-bond donors (Lipinski definition) is 0. The molecule has 1 fully saturated rings. The molecule has 1 aromatic carbocycles. The smallest absolute Gasteiger partial charge is 0.275 e. The third-order valence-electron chi connectivity index (χ3n) is 4.86. The first kappa shape index (κ1) is 17.0. The van der Waals surface area contributed by atoms with Crippen LogP contribution in [0.1, 0.15) is 29.9 Å². The highest BCUT2D eigenvalue weighted by molar-refractivity contribution is 6.99. The van der Waals surface area contributed by atoms with E-state index in [0.29, 0.717) is 17.5 Å². The van der Waals surface area contributed by atoms with E-state index in [1.807, 2.05) is 11.9 Å². The molecule has 0 bridgehead atoms. The second-order valence-electron chi connectivity index (χ2n) is 6.83. The van der Waals surface area contributed by atoms with E-state index >= 15 is 0 Å². The molecule has 0 radical (unpaired) electrons. The van der Waals surface area contributed by atoms with Gasteiger partial charge in [-0.1, -0.05) is 44.2 Å². The van der Waals surface area contributed by atoms with Crippen molar-refractivity contribution in [3.63, 3.8) is 0 Å². The molecule has 1 saturated heterocycles. The molecule has 1 aromatic heterocycles. The average molecular weight is 344 g/mol. The van der Waals surface area contributed by atoms with Crippen LogP contribution in [0.4, 0.5) is 0 Å². The van der Waals surface area contributed by atoms with Crippen LogP contribution in [0, 0.1) is 11.8 Å². The van der Waals surface area contributed by atoms with Crippen molar-refractivity contribution >= 4 is 17.6 Å². The van der Waals surface area contributed by atoms with Gasteiger partial charge in [0.2, 0.25) is 0 Å². The first-order chi connectivity index (χ1) is 11.6. The van der Waals surface area contributed by atoms with Crippen molar-refractivity contribution < 1.29 is 4.79 Å². The Bertz CT molecular complexity index is 649. The van der Waals surface area contributed by atoms with Crippen molar-refractivity contribution in [2.75, 3.05) is 20.1 Å². The summed E-state index contributed by atoms with van der Waals surface area (Å²) in [6, 6.07) is 10.8. The molecule has 0 aliphatic carbocycles. The predicted octanol–water partition coefficient (Wildman–Crippen LogP) is 2.77. The summed E-state index contributed by atoms with van der Waals surface area (Å²) in [7, 11) is 1.90. The lowest BCUT2D eigenvalue weighted by atomic mass is 9.84. The number of benzene rings is 1. The highest BCUT2D eigenvalue weighted by Crippen LogP contribution is 2.28. The highest BCUT2D eigenvalue weighted by Gasteiger charge is 2.36.